The van der Waals surface area contributed by atoms with E-state index in [0.29, 0.717) is 44.3 Å². The first-order valence-electron chi connectivity index (χ1n) is 10.8. The van der Waals surface area contributed by atoms with Gasteiger partial charge in [-0.2, -0.15) is 4.31 Å². The van der Waals surface area contributed by atoms with Crippen LogP contribution in [0.2, 0.25) is 0 Å². The van der Waals surface area contributed by atoms with Crippen LogP contribution in [0, 0.1) is 27.7 Å². The normalized spacial score (nSPS) is 18.5. The van der Waals surface area contributed by atoms with Crippen molar-refractivity contribution in [3.8, 4) is 0 Å². The van der Waals surface area contributed by atoms with Crippen molar-refractivity contribution in [3.63, 3.8) is 0 Å². The van der Waals surface area contributed by atoms with Gasteiger partial charge in [0.25, 0.3) is 0 Å². The zero-order valence-electron chi connectivity index (χ0n) is 18.8. The molecular formula is C22H31N5O3S. The van der Waals surface area contributed by atoms with Gasteiger partial charge in [0.15, 0.2) is 0 Å². The minimum Gasteiger partial charge on any atom is -0.378 e. The maximum Gasteiger partial charge on any atom is 0.243 e. The van der Waals surface area contributed by atoms with Gasteiger partial charge in [0.05, 0.1) is 18.1 Å². The molecule has 31 heavy (non-hydrogen) atoms. The van der Waals surface area contributed by atoms with Crippen LogP contribution in [0.3, 0.4) is 0 Å². The van der Waals surface area contributed by atoms with Gasteiger partial charge in [-0.3, -0.25) is 0 Å². The number of aryl methyl sites for hydroxylation is 4. The molecular weight excluding hydrogens is 414 g/mol. The molecule has 0 radical (unpaired) electrons. The lowest BCUT2D eigenvalue weighted by Gasteiger charge is -2.36. The Bertz CT molecular complexity index is 1040. The molecule has 8 nitrogen and oxygen atoms in total. The van der Waals surface area contributed by atoms with E-state index in [9.17, 15) is 8.42 Å². The first-order valence-corrected chi connectivity index (χ1v) is 12.2. The van der Waals surface area contributed by atoms with Crippen LogP contribution in [-0.2, 0) is 14.8 Å². The molecule has 2 saturated heterocycles. The molecule has 0 spiro atoms. The van der Waals surface area contributed by atoms with Crippen LogP contribution < -0.4 is 9.80 Å². The highest BCUT2D eigenvalue weighted by molar-refractivity contribution is 7.89. The van der Waals surface area contributed by atoms with Gasteiger partial charge in [0.1, 0.15) is 17.5 Å². The fraction of sp³-hybridized carbons (Fsp3) is 0.545. The number of ether oxygens (including phenoxy) is 1. The number of morpholine rings is 1. The predicted molar refractivity (Wildman–Crippen MR) is 121 cm³/mol. The quantitative estimate of drug-likeness (QED) is 0.713. The number of rotatable bonds is 4. The minimum absolute atomic E-state index is 0.436. The molecule has 0 aliphatic carbocycles. The van der Waals surface area contributed by atoms with Crippen LogP contribution in [0.5, 0.6) is 0 Å². The van der Waals surface area contributed by atoms with E-state index in [-0.39, 0.29) is 0 Å². The summed E-state index contributed by atoms with van der Waals surface area (Å²) in [5.74, 6) is 2.49. The third-order valence-electron chi connectivity index (χ3n) is 5.91. The first kappa shape index (κ1) is 22.0. The Morgan fingerprint density at radius 2 is 1.29 bits per heavy atom. The summed E-state index contributed by atoms with van der Waals surface area (Å²) in [6.45, 7) is 12.7. The lowest BCUT2D eigenvalue weighted by Crippen LogP contribution is -2.49. The smallest absolute Gasteiger partial charge is 0.243 e. The molecule has 0 N–H and O–H groups in total. The summed E-state index contributed by atoms with van der Waals surface area (Å²) in [7, 11) is -3.53. The molecule has 0 bridgehead atoms. The number of hydrogen-bond acceptors (Lipinski definition) is 7. The fourth-order valence-corrected chi connectivity index (χ4v) is 6.35. The molecule has 2 aromatic rings. The lowest BCUT2D eigenvalue weighted by atomic mass is 10.1. The van der Waals surface area contributed by atoms with E-state index in [2.05, 4.69) is 19.8 Å². The third kappa shape index (κ3) is 4.53. The lowest BCUT2D eigenvalue weighted by molar-refractivity contribution is 0.122. The summed E-state index contributed by atoms with van der Waals surface area (Å²) in [4.78, 5) is 14.0. The van der Waals surface area contributed by atoms with Crippen molar-refractivity contribution in [1.29, 1.82) is 0 Å². The van der Waals surface area contributed by atoms with Crippen molar-refractivity contribution in [2.75, 3.05) is 62.3 Å². The topological polar surface area (TPSA) is 78.9 Å². The monoisotopic (exact) mass is 445 g/mol. The summed E-state index contributed by atoms with van der Waals surface area (Å²) in [5, 5.41) is 0. The van der Waals surface area contributed by atoms with E-state index >= 15 is 0 Å². The summed E-state index contributed by atoms with van der Waals surface area (Å²) >= 11 is 0. The van der Waals surface area contributed by atoms with Crippen LogP contribution >= 0.6 is 0 Å². The zero-order valence-corrected chi connectivity index (χ0v) is 19.6. The van der Waals surface area contributed by atoms with Gasteiger partial charge in [-0.05, 0) is 38.8 Å². The average molecular weight is 446 g/mol. The Morgan fingerprint density at radius 3 is 1.84 bits per heavy atom. The molecule has 0 unspecified atom stereocenters. The summed E-state index contributed by atoms with van der Waals surface area (Å²) < 4.78 is 33.8. The molecule has 0 atom stereocenters. The van der Waals surface area contributed by atoms with Crippen LogP contribution in [0.15, 0.2) is 23.1 Å². The van der Waals surface area contributed by atoms with Crippen LogP contribution in [0.4, 0.5) is 11.6 Å². The second kappa shape index (κ2) is 8.72. The van der Waals surface area contributed by atoms with Crippen LogP contribution in [0.1, 0.15) is 22.5 Å². The highest BCUT2D eigenvalue weighted by Crippen LogP contribution is 2.27. The Kier molecular flexibility index (Phi) is 6.18. The van der Waals surface area contributed by atoms with Gasteiger partial charge < -0.3 is 14.5 Å². The molecule has 9 heteroatoms. The van der Waals surface area contributed by atoms with E-state index in [1.807, 2.05) is 45.9 Å². The van der Waals surface area contributed by atoms with Gasteiger partial charge >= 0.3 is 0 Å². The largest absolute Gasteiger partial charge is 0.378 e. The number of sulfonamides is 1. The second-order valence-electron chi connectivity index (χ2n) is 8.35. The maximum absolute atomic E-state index is 13.4. The first-order chi connectivity index (χ1) is 14.8. The molecule has 2 fully saturated rings. The van der Waals surface area contributed by atoms with Gasteiger partial charge in [0.2, 0.25) is 10.0 Å². The van der Waals surface area contributed by atoms with E-state index in [1.165, 1.54) is 0 Å². The van der Waals surface area contributed by atoms with Gasteiger partial charge in [-0.25, -0.2) is 18.4 Å². The number of hydrogen-bond donors (Lipinski definition) is 0. The molecule has 3 heterocycles. The van der Waals surface area contributed by atoms with Crippen molar-refractivity contribution in [1.82, 2.24) is 14.3 Å². The Balaban J connectivity index is 1.51. The summed E-state index contributed by atoms with van der Waals surface area (Å²) in [6, 6.07) is 5.89. The van der Waals surface area contributed by atoms with Gasteiger partial charge in [0, 0.05) is 45.3 Å². The zero-order chi connectivity index (χ0) is 22.2. The molecule has 2 aliphatic rings. The maximum atomic E-state index is 13.4. The standard InChI is InChI=1S/C22H31N5O3S/c1-16-13-17(2)22(18(3)14-16)31(28,29)27-7-5-25(6-8-27)20-15-21(24-19(4)23-20)26-9-11-30-12-10-26/h13-15H,5-12H2,1-4H3. The number of anilines is 2. The predicted octanol–water partition coefficient (Wildman–Crippen LogP) is 2.06. The molecule has 4 rings (SSSR count). The van der Waals surface area contributed by atoms with E-state index < -0.39 is 10.0 Å². The fourth-order valence-electron chi connectivity index (χ4n) is 4.51. The molecule has 168 valence electrons. The second-order valence-corrected chi connectivity index (χ2v) is 10.2. The van der Waals surface area contributed by atoms with E-state index in [1.54, 1.807) is 4.31 Å². The summed E-state index contributed by atoms with van der Waals surface area (Å²) in [6.07, 6.45) is 0. The highest BCUT2D eigenvalue weighted by Gasteiger charge is 2.31. The highest BCUT2D eigenvalue weighted by atomic mass is 32.2. The minimum atomic E-state index is -3.53. The van der Waals surface area contributed by atoms with Crippen molar-refractivity contribution < 1.29 is 13.2 Å². The van der Waals surface area contributed by atoms with E-state index in [0.717, 1.165) is 47.2 Å². The van der Waals surface area contributed by atoms with Gasteiger partial charge in [-0.1, -0.05) is 17.7 Å². The van der Waals surface area contributed by atoms with Crippen molar-refractivity contribution in [3.05, 3.63) is 40.7 Å². The number of benzene rings is 1. The van der Waals surface area contributed by atoms with E-state index in [4.69, 9.17) is 4.74 Å². The summed E-state index contributed by atoms with van der Waals surface area (Å²) in [5.41, 5.74) is 2.69. The Morgan fingerprint density at radius 1 is 0.774 bits per heavy atom. The molecule has 2 aliphatic heterocycles. The number of aromatic nitrogens is 2. The Labute approximate surface area is 184 Å². The Hall–Kier alpha value is -2.23. The number of nitrogens with zero attached hydrogens (tertiary/aromatic N) is 5. The van der Waals surface area contributed by atoms with Crippen molar-refractivity contribution in [2.45, 2.75) is 32.6 Å². The SMILES string of the molecule is Cc1cc(C)c(S(=O)(=O)N2CCN(c3cc(N4CCOCC4)nc(C)n3)CC2)c(C)c1. The average Bonchev–Trinajstić information content (AvgIpc) is 2.73. The van der Waals surface area contributed by atoms with Crippen LogP contribution in [0.25, 0.3) is 0 Å². The molecule has 0 saturated carbocycles. The van der Waals surface area contributed by atoms with Crippen molar-refractivity contribution in [2.24, 2.45) is 0 Å². The third-order valence-corrected chi connectivity index (χ3v) is 8.12. The van der Waals surface area contributed by atoms with Gasteiger partial charge in [-0.15, -0.1) is 0 Å². The van der Waals surface area contributed by atoms with Crippen molar-refractivity contribution >= 4 is 21.7 Å². The number of piperazine rings is 1. The molecule has 0 amide bonds. The molecule has 1 aromatic carbocycles. The van der Waals surface area contributed by atoms with Crippen LogP contribution in [-0.4, -0.2) is 75.2 Å². The molecule has 1 aromatic heterocycles.